The van der Waals surface area contributed by atoms with Gasteiger partial charge in [-0.3, -0.25) is 15.4 Å². The minimum atomic E-state index is -4.04. The van der Waals surface area contributed by atoms with Gasteiger partial charge in [0.2, 0.25) is 0 Å². The third kappa shape index (κ3) is 4.43. The van der Waals surface area contributed by atoms with Crippen molar-refractivity contribution < 1.29 is 23.5 Å². The van der Waals surface area contributed by atoms with Gasteiger partial charge in [0.1, 0.15) is 0 Å². The lowest BCUT2D eigenvalue weighted by atomic mass is 10.2. The third-order valence-corrected chi connectivity index (χ3v) is 5.82. The quantitative estimate of drug-likeness (QED) is 0.265. The maximum atomic E-state index is 12.9. The topological polar surface area (TPSA) is 154 Å². The van der Waals surface area contributed by atoms with Crippen molar-refractivity contribution in [1.82, 2.24) is 9.97 Å². The molecule has 0 spiro atoms. The van der Waals surface area contributed by atoms with Crippen molar-refractivity contribution in [2.24, 2.45) is 0 Å². The standard InChI is InChI=1S/C21H17N5O5S/c27-21(28)13-4-3-5-15(12-13)22-19-20(24-18-7-2-1-6-17(18)23-19)26-32(30,31)16-10-8-14(25-29)9-11-16/h1-12,25,29H,(H,22,23)(H,24,26)(H,27,28). The zero-order chi connectivity index (χ0) is 22.7. The fraction of sp³-hybridized carbons (Fsp3) is 0. The van der Waals surface area contributed by atoms with Gasteiger partial charge in [0, 0.05) is 5.69 Å². The number of nitrogens with one attached hydrogen (secondary N) is 3. The summed E-state index contributed by atoms with van der Waals surface area (Å²) in [6, 6.07) is 18.4. The number of anilines is 4. The van der Waals surface area contributed by atoms with E-state index in [1.54, 1.807) is 36.4 Å². The Hall–Kier alpha value is -4.22. The molecule has 0 radical (unpaired) electrons. The van der Waals surface area contributed by atoms with E-state index >= 15 is 0 Å². The number of fused-ring (bicyclic) bond motifs is 1. The van der Waals surface area contributed by atoms with Gasteiger partial charge in [0.15, 0.2) is 11.6 Å². The molecule has 1 aromatic heterocycles. The zero-order valence-corrected chi connectivity index (χ0v) is 17.2. The molecule has 0 bridgehead atoms. The number of aromatic nitrogens is 2. The molecular weight excluding hydrogens is 434 g/mol. The largest absolute Gasteiger partial charge is 0.478 e. The van der Waals surface area contributed by atoms with Crippen LogP contribution in [0.25, 0.3) is 11.0 Å². The molecule has 162 valence electrons. The van der Waals surface area contributed by atoms with Gasteiger partial charge >= 0.3 is 5.97 Å². The molecule has 0 amide bonds. The molecule has 4 rings (SSSR count). The second-order valence-electron chi connectivity index (χ2n) is 6.66. The number of aromatic carboxylic acids is 1. The Kier molecular flexibility index (Phi) is 5.58. The van der Waals surface area contributed by atoms with E-state index in [1.165, 1.54) is 36.4 Å². The van der Waals surface area contributed by atoms with Crippen molar-refractivity contribution in [3.63, 3.8) is 0 Å². The molecular formula is C21H17N5O5S. The third-order valence-electron chi connectivity index (χ3n) is 4.47. The average molecular weight is 451 g/mol. The first-order valence-electron chi connectivity index (χ1n) is 9.26. The van der Waals surface area contributed by atoms with E-state index in [0.717, 1.165) is 0 Å². The van der Waals surface area contributed by atoms with Crippen LogP contribution in [-0.4, -0.2) is 34.7 Å². The average Bonchev–Trinajstić information content (AvgIpc) is 2.79. The number of hydrogen-bond donors (Lipinski definition) is 5. The summed E-state index contributed by atoms with van der Waals surface area (Å²) in [5.41, 5.74) is 3.71. The molecule has 0 saturated carbocycles. The Morgan fingerprint density at radius 1 is 0.812 bits per heavy atom. The molecule has 0 aliphatic heterocycles. The Labute approximate surface area is 182 Å². The van der Waals surface area contributed by atoms with Gasteiger partial charge < -0.3 is 10.4 Å². The maximum absolute atomic E-state index is 12.9. The summed E-state index contributed by atoms with van der Waals surface area (Å²) >= 11 is 0. The summed E-state index contributed by atoms with van der Waals surface area (Å²) in [5, 5.41) is 21.1. The van der Waals surface area contributed by atoms with Crippen LogP contribution in [0.3, 0.4) is 0 Å². The summed E-state index contributed by atoms with van der Waals surface area (Å²) in [6.07, 6.45) is 0. The monoisotopic (exact) mass is 451 g/mol. The van der Waals surface area contributed by atoms with E-state index in [1.807, 2.05) is 5.48 Å². The van der Waals surface area contributed by atoms with Crippen LogP contribution in [-0.2, 0) is 10.0 Å². The molecule has 0 saturated heterocycles. The van der Waals surface area contributed by atoms with Gasteiger partial charge in [-0.1, -0.05) is 18.2 Å². The second-order valence-corrected chi connectivity index (χ2v) is 8.34. The Bertz CT molecular complexity index is 1410. The fourth-order valence-corrected chi connectivity index (χ4v) is 3.93. The first-order chi connectivity index (χ1) is 15.4. The second kappa shape index (κ2) is 8.49. The molecule has 5 N–H and O–H groups in total. The molecule has 0 unspecified atom stereocenters. The van der Waals surface area contributed by atoms with Gasteiger partial charge in [-0.25, -0.2) is 23.2 Å². The molecule has 3 aromatic carbocycles. The van der Waals surface area contributed by atoms with E-state index < -0.39 is 16.0 Å². The maximum Gasteiger partial charge on any atom is 0.335 e. The summed E-state index contributed by atoms with van der Waals surface area (Å²) in [5.74, 6) is -1.06. The number of para-hydroxylation sites is 2. The Balaban J connectivity index is 1.75. The summed E-state index contributed by atoms with van der Waals surface area (Å²) < 4.78 is 28.3. The SMILES string of the molecule is O=C(O)c1cccc(Nc2nc3ccccc3nc2NS(=O)(=O)c2ccc(NO)cc2)c1. The van der Waals surface area contributed by atoms with Crippen molar-refractivity contribution in [3.8, 4) is 0 Å². The zero-order valence-electron chi connectivity index (χ0n) is 16.4. The number of nitrogens with zero attached hydrogens (tertiary/aromatic N) is 2. The number of carboxylic acid groups (broad SMARTS) is 1. The molecule has 32 heavy (non-hydrogen) atoms. The molecule has 0 fully saturated rings. The normalized spacial score (nSPS) is 11.2. The van der Waals surface area contributed by atoms with Gasteiger partial charge in [0.25, 0.3) is 10.0 Å². The molecule has 10 nitrogen and oxygen atoms in total. The first-order valence-corrected chi connectivity index (χ1v) is 10.7. The number of carbonyl (C=O) groups is 1. The molecule has 11 heteroatoms. The lowest BCUT2D eigenvalue weighted by molar-refractivity contribution is 0.0697. The number of hydrogen-bond acceptors (Lipinski definition) is 8. The lowest BCUT2D eigenvalue weighted by Gasteiger charge is -2.14. The van der Waals surface area contributed by atoms with Crippen molar-refractivity contribution >= 4 is 50.0 Å². The van der Waals surface area contributed by atoms with Crippen LogP contribution in [0.15, 0.2) is 77.7 Å². The summed E-state index contributed by atoms with van der Waals surface area (Å²) in [4.78, 5) is 20.1. The minimum Gasteiger partial charge on any atom is -0.478 e. The van der Waals surface area contributed by atoms with Crippen molar-refractivity contribution in [2.45, 2.75) is 4.90 Å². The Morgan fingerprint density at radius 2 is 1.47 bits per heavy atom. The van der Waals surface area contributed by atoms with Crippen LogP contribution < -0.4 is 15.5 Å². The van der Waals surface area contributed by atoms with E-state index in [9.17, 15) is 18.3 Å². The van der Waals surface area contributed by atoms with Gasteiger partial charge in [-0.2, -0.15) is 0 Å². The highest BCUT2D eigenvalue weighted by molar-refractivity contribution is 7.92. The molecule has 1 heterocycles. The molecule has 0 aliphatic carbocycles. The van der Waals surface area contributed by atoms with Crippen molar-refractivity contribution in [1.29, 1.82) is 0 Å². The summed E-state index contributed by atoms with van der Waals surface area (Å²) in [6.45, 7) is 0. The smallest absolute Gasteiger partial charge is 0.335 e. The van der Waals surface area contributed by atoms with Crippen molar-refractivity contribution in [2.75, 3.05) is 15.5 Å². The lowest BCUT2D eigenvalue weighted by Crippen LogP contribution is -2.16. The Morgan fingerprint density at radius 3 is 2.09 bits per heavy atom. The molecule has 0 atom stereocenters. The number of sulfonamides is 1. The van der Waals surface area contributed by atoms with E-state index in [0.29, 0.717) is 22.4 Å². The highest BCUT2D eigenvalue weighted by atomic mass is 32.2. The highest BCUT2D eigenvalue weighted by Gasteiger charge is 2.19. The van der Waals surface area contributed by atoms with Crippen LogP contribution in [0.2, 0.25) is 0 Å². The fourth-order valence-electron chi connectivity index (χ4n) is 2.92. The van der Waals surface area contributed by atoms with Crippen LogP contribution in [0.5, 0.6) is 0 Å². The predicted molar refractivity (Wildman–Crippen MR) is 119 cm³/mol. The van der Waals surface area contributed by atoms with E-state index in [4.69, 9.17) is 5.21 Å². The molecule has 0 aliphatic rings. The highest BCUT2D eigenvalue weighted by Crippen LogP contribution is 2.27. The molecule has 4 aromatic rings. The minimum absolute atomic E-state index is 0.0507. The van der Waals surface area contributed by atoms with Crippen LogP contribution >= 0.6 is 0 Å². The summed E-state index contributed by atoms with van der Waals surface area (Å²) in [7, 11) is -4.04. The predicted octanol–water partition coefficient (Wildman–Crippen LogP) is 3.67. The number of benzene rings is 3. The van der Waals surface area contributed by atoms with Crippen LogP contribution in [0.1, 0.15) is 10.4 Å². The van der Waals surface area contributed by atoms with Gasteiger partial charge in [0.05, 0.1) is 27.2 Å². The van der Waals surface area contributed by atoms with E-state index in [-0.39, 0.29) is 22.1 Å². The van der Waals surface area contributed by atoms with Crippen LogP contribution in [0, 0.1) is 0 Å². The van der Waals surface area contributed by atoms with Crippen molar-refractivity contribution in [3.05, 3.63) is 78.4 Å². The van der Waals surface area contributed by atoms with Gasteiger partial charge in [-0.15, -0.1) is 0 Å². The number of rotatable bonds is 7. The van der Waals surface area contributed by atoms with E-state index in [2.05, 4.69) is 20.0 Å². The number of carboxylic acids is 1. The van der Waals surface area contributed by atoms with Crippen LogP contribution in [0.4, 0.5) is 23.0 Å². The van der Waals surface area contributed by atoms with Gasteiger partial charge in [-0.05, 0) is 54.6 Å². The first kappa shape index (κ1) is 21.0.